The van der Waals surface area contributed by atoms with E-state index in [0.29, 0.717) is 11.5 Å². The molecule has 0 aromatic heterocycles. The minimum atomic E-state index is 0.252. The summed E-state index contributed by atoms with van der Waals surface area (Å²) in [7, 11) is 0. The van der Waals surface area contributed by atoms with Crippen LogP contribution in [0.15, 0.2) is 23.8 Å². The van der Waals surface area contributed by atoms with Crippen LogP contribution in [0.25, 0.3) is 0 Å². The number of hydrogen-bond donors (Lipinski definition) is 0. The molecular formula is C26H42O. The van der Waals surface area contributed by atoms with E-state index in [1.54, 1.807) is 5.57 Å². The first-order valence-corrected chi connectivity index (χ1v) is 12.0. The second-order valence-corrected chi connectivity index (χ2v) is 10.5. The fraction of sp³-hybridized carbons (Fsp3) is 0.846. The Morgan fingerprint density at radius 3 is 2.70 bits per heavy atom. The molecule has 1 unspecified atom stereocenters. The molecule has 0 amide bonds. The van der Waals surface area contributed by atoms with Crippen LogP contribution in [0.1, 0.15) is 91.9 Å². The fourth-order valence-electron chi connectivity index (χ4n) is 7.89. The van der Waals surface area contributed by atoms with Crippen LogP contribution >= 0.6 is 0 Å². The third-order valence-electron chi connectivity index (χ3n) is 9.36. The molecule has 0 heterocycles. The molecule has 0 aromatic rings. The van der Waals surface area contributed by atoms with Crippen molar-refractivity contribution in [2.45, 2.75) is 98.0 Å². The Morgan fingerprint density at radius 2 is 1.93 bits per heavy atom. The Balaban J connectivity index is 1.60. The molecule has 27 heavy (non-hydrogen) atoms. The Labute approximate surface area is 168 Å². The second-order valence-electron chi connectivity index (χ2n) is 10.5. The average Bonchev–Trinajstić information content (AvgIpc) is 3.01. The molecular weight excluding hydrogens is 328 g/mol. The SMILES string of the molecule is CCCCCOC1C[C@H]2[C@@H]3CC[C@H](CC)[C@@]3(C)CC[C@@H]2[C@@]2(C)C=CCC=C12. The summed E-state index contributed by atoms with van der Waals surface area (Å²) in [5.74, 6) is 3.58. The van der Waals surface area contributed by atoms with E-state index in [1.807, 2.05) is 0 Å². The lowest BCUT2D eigenvalue weighted by Gasteiger charge is -2.58. The Kier molecular flexibility index (Phi) is 5.63. The summed E-state index contributed by atoms with van der Waals surface area (Å²) in [6.07, 6.45) is 21.3. The molecule has 3 saturated carbocycles. The van der Waals surface area contributed by atoms with E-state index < -0.39 is 0 Å². The highest BCUT2D eigenvalue weighted by atomic mass is 16.5. The lowest BCUT2D eigenvalue weighted by molar-refractivity contribution is -0.0775. The van der Waals surface area contributed by atoms with Gasteiger partial charge in [0.15, 0.2) is 0 Å². The van der Waals surface area contributed by atoms with Gasteiger partial charge in [-0.2, -0.15) is 0 Å². The zero-order chi connectivity index (χ0) is 19.1. The van der Waals surface area contributed by atoms with Crippen molar-refractivity contribution >= 4 is 0 Å². The van der Waals surface area contributed by atoms with Gasteiger partial charge >= 0.3 is 0 Å². The van der Waals surface area contributed by atoms with E-state index >= 15 is 0 Å². The van der Waals surface area contributed by atoms with Crippen LogP contribution in [0, 0.1) is 34.5 Å². The maximum atomic E-state index is 6.60. The predicted molar refractivity (Wildman–Crippen MR) is 115 cm³/mol. The van der Waals surface area contributed by atoms with Crippen LogP contribution in [0.5, 0.6) is 0 Å². The molecule has 4 aliphatic rings. The molecule has 1 heteroatoms. The van der Waals surface area contributed by atoms with E-state index in [0.717, 1.165) is 36.7 Å². The lowest BCUT2D eigenvalue weighted by Crippen LogP contribution is -2.53. The van der Waals surface area contributed by atoms with Crippen LogP contribution in [-0.2, 0) is 4.74 Å². The van der Waals surface area contributed by atoms with Gasteiger partial charge in [0.05, 0.1) is 6.10 Å². The van der Waals surface area contributed by atoms with E-state index in [2.05, 4.69) is 45.9 Å². The van der Waals surface area contributed by atoms with Crippen molar-refractivity contribution in [3.8, 4) is 0 Å². The smallest absolute Gasteiger partial charge is 0.0796 e. The van der Waals surface area contributed by atoms with Gasteiger partial charge in [-0.05, 0) is 79.6 Å². The fourth-order valence-corrected chi connectivity index (χ4v) is 7.89. The third kappa shape index (κ3) is 3.17. The summed E-state index contributed by atoms with van der Waals surface area (Å²) in [5, 5.41) is 0. The molecule has 4 aliphatic carbocycles. The van der Waals surface area contributed by atoms with Gasteiger partial charge in [0.2, 0.25) is 0 Å². The molecule has 3 fully saturated rings. The number of hydrogen-bond acceptors (Lipinski definition) is 1. The van der Waals surface area contributed by atoms with Gasteiger partial charge in [-0.3, -0.25) is 0 Å². The highest BCUT2D eigenvalue weighted by molar-refractivity contribution is 5.34. The monoisotopic (exact) mass is 370 g/mol. The number of rotatable bonds is 6. The quantitative estimate of drug-likeness (QED) is 0.351. The second kappa shape index (κ2) is 7.69. The molecule has 4 rings (SSSR count). The minimum absolute atomic E-state index is 0.252. The summed E-state index contributed by atoms with van der Waals surface area (Å²) in [4.78, 5) is 0. The molecule has 152 valence electrons. The maximum absolute atomic E-state index is 6.60. The molecule has 7 atom stereocenters. The molecule has 0 saturated heterocycles. The lowest BCUT2D eigenvalue weighted by atomic mass is 9.47. The maximum Gasteiger partial charge on any atom is 0.0796 e. The van der Waals surface area contributed by atoms with Crippen molar-refractivity contribution in [3.63, 3.8) is 0 Å². The van der Waals surface area contributed by atoms with Gasteiger partial charge in [-0.25, -0.2) is 0 Å². The number of ether oxygens (including phenoxy) is 1. The Bertz CT molecular complexity index is 589. The zero-order valence-corrected chi connectivity index (χ0v) is 18.3. The normalized spacial score (nSPS) is 45.8. The zero-order valence-electron chi connectivity index (χ0n) is 18.3. The van der Waals surface area contributed by atoms with Gasteiger partial charge in [-0.1, -0.05) is 65.2 Å². The summed E-state index contributed by atoms with van der Waals surface area (Å²) in [6, 6.07) is 0. The summed E-state index contributed by atoms with van der Waals surface area (Å²) < 4.78 is 6.60. The summed E-state index contributed by atoms with van der Waals surface area (Å²) in [5.41, 5.74) is 2.48. The number of unbranched alkanes of at least 4 members (excludes halogenated alkanes) is 2. The first kappa shape index (κ1) is 19.7. The number of fused-ring (bicyclic) bond motifs is 5. The number of allylic oxidation sites excluding steroid dienone is 3. The summed E-state index contributed by atoms with van der Waals surface area (Å²) in [6.45, 7) is 10.9. The topological polar surface area (TPSA) is 9.23 Å². The van der Waals surface area contributed by atoms with Crippen LogP contribution in [0.3, 0.4) is 0 Å². The molecule has 0 bridgehead atoms. The first-order chi connectivity index (χ1) is 13.0. The van der Waals surface area contributed by atoms with E-state index in [9.17, 15) is 0 Å². The van der Waals surface area contributed by atoms with E-state index in [-0.39, 0.29) is 5.41 Å². The van der Waals surface area contributed by atoms with Crippen molar-refractivity contribution in [3.05, 3.63) is 23.8 Å². The van der Waals surface area contributed by atoms with E-state index in [1.165, 1.54) is 57.8 Å². The van der Waals surface area contributed by atoms with Crippen LogP contribution in [-0.4, -0.2) is 12.7 Å². The largest absolute Gasteiger partial charge is 0.374 e. The Hall–Kier alpha value is -0.560. The summed E-state index contributed by atoms with van der Waals surface area (Å²) >= 11 is 0. The van der Waals surface area contributed by atoms with Gasteiger partial charge < -0.3 is 4.74 Å². The third-order valence-corrected chi connectivity index (χ3v) is 9.36. The minimum Gasteiger partial charge on any atom is -0.374 e. The van der Waals surface area contributed by atoms with Crippen LogP contribution in [0.2, 0.25) is 0 Å². The molecule has 0 aromatic carbocycles. The molecule has 0 radical (unpaired) electrons. The first-order valence-electron chi connectivity index (χ1n) is 12.0. The van der Waals surface area contributed by atoms with Crippen molar-refractivity contribution in [2.24, 2.45) is 34.5 Å². The van der Waals surface area contributed by atoms with Crippen molar-refractivity contribution < 1.29 is 4.74 Å². The van der Waals surface area contributed by atoms with E-state index in [4.69, 9.17) is 4.74 Å². The van der Waals surface area contributed by atoms with Gasteiger partial charge in [0, 0.05) is 12.0 Å². The highest BCUT2D eigenvalue weighted by Crippen LogP contribution is 2.66. The van der Waals surface area contributed by atoms with Crippen molar-refractivity contribution in [2.75, 3.05) is 6.61 Å². The van der Waals surface area contributed by atoms with Crippen LogP contribution in [0.4, 0.5) is 0 Å². The predicted octanol–water partition coefficient (Wildman–Crippen LogP) is 7.33. The molecule has 0 aliphatic heterocycles. The average molecular weight is 371 g/mol. The standard InChI is InChI=1S/C26H42O/c1-5-7-10-17-27-24-18-20-21-13-12-19(6-2)25(21,3)16-14-22(20)26(4)15-9-8-11-23(24)26/h9,11,15,19-22,24H,5-8,10,12-14,16-18H2,1-4H3/t19-,20-,21-,22-,24?,25+,26+/m0/s1. The van der Waals surface area contributed by atoms with Crippen molar-refractivity contribution in [1.82, 2.24) is 0 Å². The van der Waals surface area contributed by atoms with Gasteiger partial charge in [0.25, 0.3) is 0 Å². The van der Waals surface area contributed by atoms with Gasteiger partial charge in [0.1, 0.15) is 0 Å². The van der Waals surface area contributed by atoms with Crippen LogP contribution < -0.4 is 0 Å². The molecule has 0 N–H and O–H groups in total. The van der Waals surface area contributed by atoms with Gasteiger partial charge in [-0.15, -0.1) is 0 Å². The molecule has 1 nitrogen and oxygen atoms in total. The molecule has 0 spiro atoms. The van der Waals surface area contributed by atoms with Crippen molar-refractivity contribution in [1.29, 1.82) is 0 Å². The Morgan fingerprint density at radius 1 is 1.07 bits per heavy atom. The highest BCUT2D eigenvalue weighted by Gasteiger charge is 2.59.